The molecule has 0 unspecified atom stereocenters. The van der Waals surface area contributed by atoms with E-state index in [0.717, 1.165) is 38.1 Å². The van der Waals surface area contributed by atoms with Crippen LogP contribution in [0.1, 0.15) is 11.4 Å². The first-order valence-electron chi connectivity index (χ1n) is 11.2. The molecule has 35 heavy (non-hydrogen) atoms. The van der Waals surface area contributed by atoms with Crippen LogP contribution in [0.2, 0.25) is 0 Å². The fourth-order valence-electron chi connectivity index (χ4n) is 4.44. The smallest absolute Gasteiger partial charge is 0.282 e. The van der Waals surface area contributed by atoms with Crippen molar-refractivity contribution in [1.82, 2.24) is 24.3 Å². The van der Waals surface area contributed by atoms with Crippen molar-refractivity contribution in [2.45, 2.75) is 13.5 Å². The second kappa shape index (κ2) is 8.29. The van der Waals surface area contributed by atoms with Gasteiger partial charge in [-0.25, -0.2) is 4.39 Å². The standard InChI is InChI=1S/C28H20FN5O/c1-18-21(8-6-14-30-18)19-12-13-20(31-15-19)16-33-17-23-27(22-7-2-4-10-25(22)33)32-34(28(23)35)26-11-5-3-9-24(26)29/h2-15,17H,16H2,1H3. The van der Waals surface area contributed by atoms with Crippen LogP contribution < -0.4 is 5.56 Å². The number of hydrogen-bond acceptors (Lipinski definition) is 4. The molecule has 0 saturated heterocycles. The second-order valence-corrected chi connectivity index (χ2v) is 8.38. The highest BCUT2D eigenvalue weighted by Crippen LogP contribution is 2.29. The third kappa shape index (κ3) is 3.58. The molecule has 0 saturated carbocycles. The number of halogens is 1. The van der Waals surface area contributed by atoms with Gasteiger partial charge in [-0.05, 0) is 37.3 Å². The van der Waals surface area contributed by atoms with Crippen molar-refractivity contribution in [2.75, 3.05) is 0 Å². The summed E-state index contributed by atoms with van der Waals surface area (Å²) in [6, 6.07) is 21.8. The van der Waals surface area contributed by atoms with Gasteiger partial charge >= 0.3 is 0 Å². The minimum Gasteiger partial charge on any atom is -0.341 e. The average Bonchev–Trinajstić information content (AvgIpc) is 3.21. The van der Waals surface area contributed by atoms with E-state index >= 15 is 0 Å². The second-order valence-electron chi connectivity index (χ2n) is 8.38. The number of pyridine rings is 3. The van der Waals surface area contributed by atoms with Crippen molar-refractivity contribution in [2.24, 2.45) is 0 Å². The van der Waals surface area contributed by atoms with Crippen LogP contribution in [0.3, 0.4) is 0 Å². The van der Waals surface area contributed by atoms with E-state index in [1.54, 1.807) is 30.6 Å². The van der Waals surface area contributed by atoms with Crippen LogP contribution in [-0.4, -0.2) is 24.3 Å². The number of aryl methyl sites for hydroxylation is 1. The Morgan fingerprint density at radius 3 is 2.51 bits per heavy atom. The lowest BCUT2D eigenvalue weighted by Gasteiger charge is -2.14. The molecule has 4 aromatic rings. The molecular formula is C28H20FN5O. The highest BCUT2D eigenvalue weighted by Gasteiger charge is 2.22. The lowest BCUT2D eigenvalue weighted by atomic mass is 10.1. The summed E-state index contributed by atoms with van der Waals surface area (Å²) in [5, 5.41) is 5.32. The molecule has 0 bridgehead atoms. The van der Waals surface area contributed by atoms with Crippen molar-refractivity contribution in [3.63, 3.8) is 0 Å². The summed E-state index contributed by atoms with van der Waals surface area (Å²) in [6.07, 6.45) is 5.40. The van der Waals surface area contributed by atoms with Crippen LogP contribution >= 0.6 is 0 Å². The summed E-state index contributed by atoms with van der Waals surface area (Å²) in [4.78, 5) is 22.3. The Bertz CT molecular complexity index is 1720. The summed E-state index contributed by atoms with van der Waals surface area (Å²) in [7, 11) is 0. The van der Waals surface area contributed by atoms with Crippen molar-refractivity contribution in [3.8, 4) is 28.1 Å². The predicted octanol–water partition coefficient (Wildman–Crippen LogP) is 5.24. The maximum atomic E-state index is 14.4. The molecule has 6 rings (SSSR count). The van der Waals surface area contributed by atoms with E-state index in [-0.39, 0.29) is 11.2 Å². The third-order valence-electron chi connectivity index (χ3n) is 6.19. The maximum Gasteiger partial charge on any atom is 0.282 e. The largest absolute Gasteiger partial charge is 0.341 e. The van der Waals surface area contributed by atoms with Gasteiger partial charge in [-0.15, -0.1) is 0 Å². The Kier molecular flexibility index (Phi) is 4.95. The van der Waals surface area contributed by atoms with Crippen LogP contribution in [0.25, 0.3) is 39.0 Å². The fraction of sp³-hybridized carbons (Fsp3) is 0.0714. The third-order valence-corrected chi connectivity index (χ3v) is 6.19. The van der Waals surface area contributed by atoms with Gasteiger partial charge in [0.25, 0.3) is 5.56 Å². The van der Waals surface area contributed by atoms with Gasteiger partial charge in [0.2, 0.25) is 0 Å². The van der Waals surface area contributed by atoms with E-state index in [1.807, 2.05) is 66.2 Å². The van der Waals surface area contributed by atoms with Crippen molar-refractivity contribution < 1.29 is 4.39 Å². The SMILES string of the molecule is Cc1ncccc1-c1ccc(Cn2cc3c(=O)n(-c4ccccc4F)nc-3c3ccccc32)nc1. The predicted molar refractivity (Wildman–Crippen MR) is 133 cm³/mol. The molecule has 0 atom stereocenters. The number of fused-ring (bicyclic) bond motifs is 3. The zero-order chi connectivity index (χ0) is 23.9. The molecular weight excluding hydrogens is 441 g/mol. The number of nitrogens with zero attached hydrogens (tertiary/aromatic N) is 5. The summed E-state index contributed by atoms with van der Waals surface area (Å²) in [5.41, 5.74) is 5.48. The zero-order valence-corrected chi connectivity index (χ0v) is 18.9. The van der Waals surface area contributed by atoms with E-state index in [2.05, 4.69) is 15.1 Å². The van der Waals surface area contributed by atoms with E-state index in [9.17, 15) is 9.18 Å². The van der Waals surface area contributed by atoms with Gasteiger partial charge in [0.05, 0.1) is 23.3 Å². The molecule has 0 aliphatic carbocycles. The average molecular weight is 462 g/mol. The van der Waals surface area contributed by atoms with Crippen LogP contribution in [0.5, 0.6) is 0 Å². The van der Waals surface area contributed by atoms with Crippen LogP contribution in [-0.2, 0) is 6.54 Å². The Morgan fingerprint density at radius 1 is 0.886 bits per heavy atom. The van der Waals surface area contributed by atoms with Gasteiger partial charge in [0, 0.05) is 40.8 Å². The van der Waals surface area contributed by atoms with Crippen LogP contribution in [0, 0.1) is 12.7 Å². The molecule has 4 heterocycles. The fourth-order valence-corrected chi connectivity index (χ4v) is 4.44. The highest BCUT2D eigenvalue weighted by atomic mass is 19.1. The first-order chi connectivity index (χ1) is 17.1. The molecule has 0 amide bonds. The number of rotatable bonds is 4. The summed E-state index contributed by atoms with van der Waals surface area (Å²) < 4.78 is 17.6. The Hall–Kier alpha value is -4.65. The van der Waals surface area contributed by atoms with Gasteiger partial charge in [-0.2, -0.15) is 9.78 Å². The molecule has 0 spiro atoms. The number of hydrogen-bond donors (Lipinski definition) is 0. The molecule has 0 N–H and O–H groups in total. The monoisotopic (exact) mass is 461 g/mol. The van der Waals surface area contributed by atoms with Gasteiger partial charge in [0.1, 0.15) is 17.2 Å². The maximum absolute atomic E-state index is 14.4. The summed E-state index contributed by atoms with van der Waals surface area (Å²) >= 11 is 0. The highest BCUT2D eigenvalue weighted by molar-refractivity contribution is 5.93. The minimum absolute atomic E-state index is 0.132. The molecule has 6 nitrogen and oxygen atoms in total. The lowest BCUT2D eigenvalue weighted by Crippen LogP contribution is -2.16. The van der Waals surface area contributed by atoms with Gasteiger partial charge < -0.3 is 4.57 Å². The van der Waals surface area contributed by atoms with Crippen LogP contribution in [0.4, 0.5) is 4.39 Å². The molecule has 0 fully saturated rings. The van der Waals surface area contributed by atoms with Gasteiger partial charge in [-0.1, -0.05) is 42.5 Å². The molecule has 2 aromatic carbocycles. The molecule has 2 aromatic heterocycles. The summed E-state index contributed by atoms with van der Waals surface area (Å²) in [6.45, 7) is 2.44. The topological polar surface area (TPSA) is 65.6 Å². The minimum atomic E-state index is -0.497. The van der Waals surface area contributed by atoms with Gasteiger partial charge in [-0.3, -0.25) is 14.8 Å². The quantitative estimate of drug-likeness (QED) is 0.360. The van der Waals surface area contributed by atoms with E-state index in [1.165, 1.54) is 6.07 Å². The molecule has 2 aliphatic heterocycles. The molecule has 170 valence electrons. The molecule has 0 radical (unpaired) electrons. The normalized spacial score (nSPS) is 11.4. The van der Waals surface area contributed by atoms with E-state index in [0.29, 0.717) is 17.8 Å². The first-order valence-corrected chi connectivity index (χ1v) is 11.2. The van der Waals surface area contributed by atoms with Crippen molar-refractivity contribution in [1.29, 1.82) is 0 Å². The number of benzene rings is 2. The Balaban J connectivity index is 1.46. The Labute approximate surface area is 200 Å². The van der Waals surface area contributed by atoms with Crippen LogP contribution in [0.15, 0.2) is 96.2 Å². The Morgan fingerprint density at radius 2 is 1.71 bits per heavy atom. The van der Waals surface area contributed by atoms with E-state index < -0.39 is 5.82 Å². The first kappa shape index (κ1) is 20.9. The van der Waals surface area contributed by atoms with Crippen molar-refractivity contribution >= 4 is 10.9 Å². The van der Waals surface area contributed by atoms with E-state index in [4.69, 9.17) is 0 Å². The number of aromatic nitrogens is 5. The lowest BCUT2D eigenvalue weighted by molar-refractivity contribution is 0.609. The number of para-hydroxylation sites is 2. The van der Waals surface area contributed by atoms with Gasteiger partial charge in [0.15, 0.2) is 0 Å². The molecule has 7 heteroatoms. The zero-order valence-electron chi connectivity index (χ0n) is 18.9. The molecule has 2 aliphatic rings. The van der Waals surface area contributed by atoms with Crippen molar-refractivity contribution in [3.05, 3.63) is 119 Å². The summed E-state index contributed by atoms with van der Waals surface area (Å²) in [5.74, 6) is -0.497.